The summed E-state index contributed by atoms with van der Waals surface area (Å²) < 4.78 is 0. The molecule has 2 aliphatic rings. The zero-order valence-electron chi connectivity index (χ0n) is 13.3. The van der Waals surface area contributed by atoms with Crippen LogP contribution < -0.4 is 0 Å². The first kappa shape index (κ1) is 14.3. The molecule has 1 aliphatic carbocycles. The highest BCUT2D eigenvalue weighted by atomic mass is 16.2. The third-order valence-corrected chi connectivity index (χ3v) is 5.31. The van der Waals surface area contributed by atoms with E-state index in [1.54, 1.807) is 0 Å². The number of aryl methyl sites for hydroxylation is 2. The molecule has 4 heteroatoms. The van der Waals surface area contributed by atoms with Crippen molar-refractivity contribution >= 4 is 16.8 Å². The molecule has 1 fully saturated rings. The largest absolute Gasteiger partial charge is 0.358 e. The number of nitrogens with one attached hydrogen (secondary N) is 1. The van der Waals surface area contributed by atoms with Crippen LogP contribution in [0.25, 0.3) is 10.9 Å². The molecule has 4 rings (SSSR count). The maximum atomic E-state index is 12.8. The van der Waals surface area contributed by atoms with Crippen molar-refractivity contribution in [2.75, 3.05) is 13.1 Å². The van der Waals surface area contributed by atoms with Gasteiger partial charge in [0.05, 0.1) is 6.07 Å². The first-order valence-electron chi connectivity index (χ1n) is 8.58. The minimum Gasteiger partial charge on any atom is -0.358 e. The van der Waals surface area contributed by atoms with E-state index in [0.717, 1.165) is 36.8 Å². The predicted octanol–water partition coefficient (Wildman–Crippen LogP) is 3.42. The Kier molecular flexibility index (Phi) is 3.57. The van der Waals surface area contributed by atoms with E-state index < -0.39 is 0 Å². The molecule has 0 spiro atoms. The lowest BCUT2D eigenvalue weighted by Crippen LogP contribution is -2.38. The maximum absolute atomic E-state index is 12.8. The minimum absolute atomic E-state index is 0.106. The normalized spacial score (nSPS) is 18.7. The highest BCUT2D eigenvalue weighted by Crippen LogP contribution is 2.30. The summed E-state index contributed by atoms with van der Waals surface area (Å²) in [6.45, 7) is 1.39. The topological polar surface area (TPSA) is 59.9 Å². The lowest BCUT2D eigenvalue weighted by atomic mass is 9.94. The monoisotopic (exact) mass is 307 g/mol. The third-order valence-electron chi connectivity index (χ3n) is 5.31. The summed E-state index contributed by atoms with van der Waals surface area (Å²) >= 11 is 0. The fourth-order valence-corrected chi connectivity index (χ4v) is 3.93. The Morgan fingerprint density at radius 2 is 2.00 bits per heavy atom. The maximum Gasteiger partial charge on any atom is 0.253 e. The second-order valence-corrected chi connectivity index (χ2v) is 6.75. The number of piperidine rings is 1. The molecule has 1 aromatic heterocycles. The summed E-state index contributed by atoms with van der Waals surface area (Å²) in [4.78, 5) is 18.2. The van der Waals surface area contributed by atoms with Gasteiger partial charge < -0.3 is 9.88 Å². The van der Waals surface area contributed by atoms with Crippen LogP contribution in [0.3, 0.4) is 0 Å². The van der Waals surface area contributed by atoms with E-state index in [0.29, 0.717) is 13.1 Å². The standard InChI is InChI=1S/C19H21N3O/c20-12-13-7-9-22(10-8-13)19(23)14-5-6-18-16(11-14)15-3-1-2-4-17(15)21-18/h5-6,11,13,21H,1-4,7-10H2. The molecule has 1 aromatic carbocycles. The second-order valence-electron chi connectivity index (χ2n) is 6.75. The molecule has 1 aliphatic heterocycles. The number of aromatic amines is 1. The number of rotatable bonds is 1. The molecule has 0 unspecified atom stereocenters. The molecule has 2 aromatic rings. The van der Waals surface area contributed by atoms with Crippen LogP contribution in [0.1, 0.15) is 47.3 Å². The quantitative estimate of drug-likeness (QED) is 0.877. The zero-order chi connectivity index (χ0) is 15.8. The van der Waals surface area contributed by atoms with Gasteiger partial charge in [0.1, 0.15) is 0 Å². The van der Waals surface area contributed by atoms with Gasteiger partial charge in [-0.15, -0.1) is 0 Å². The number of nitriles is 1. The van der Waals surface area contributed by atoms with Crippen molar-refractivity contribution < 1.29 is 4.79 Å². The van der Waals surface area contributed by atoms with Gasteiger partial charge in [-0.2, -0.15) is 5.26 Å². The van der Waals surface area contributed by atoms with Gasteiger partial charge in [-0.05, 0) is 62.3 Å². The summed E-state index contributed by atoms with van der Waals surface area (Å²) in [7, 11) is 0. The van der Waals surface area contributed by atoms with Gasteiger partial charge in [-0.3, -0.25) is 4.79 Å². The van der Waals surface area contributed by atoms with Crippen molar-refractivity contribution in [2.45, 2.75) is 38.5 Å². The number of fused-ring (bicyclic) bond motifs is 3. The van der Waals surface area contributed by atoms with Crippen molar-refractivity contribution in [1.82, 2.24) is 9.88 Å². The first-order valence-corrected chi connectivity index (χ1v) is 8.58. The van der Waals surface area contributed by atoms with Crippen LogP contribution in [0.5, 0.6) is 0 Å². The van der Waals surface area contributed by atoms with Crippen molar-refractivity contribution in [2.24, 2.45) is 5.92 Å². The molecule has 0 radical (unpaired) electrons. The predicted molar refractivity (Wildman–Crippen MR) is 89.2 cm³/mol. The number of hydrogen-bond donors (Lipinski definition) is 1. The number of H-pyrrole nitrogens is 1. The van der Waals surface area contributed by atoms with Gasteiger partial charge in [0.15, 0.2) is 0 Å². The number of aromatic nitrogens is 1. The molecule has 0 saturated carbocycles. The highest BCUT2D eigenvalue weighted by Gasteiger charge is 2.24. The lowest BCUT2D eigenvalue weighted by molar-refractivity contribution is 0.0707. The molecule has 23 heavy (non-hydrogen) atoms. The molecule has 0 bridgehead atoms. The van der Waals surface area contributed by atoms with E-state index in [4.69, 9.17) is 5.26 Å². The third kappa shape index (κ3) is 2.50. The second kappa shape index (κ2) is 5.73. The Labute approximate surface area is 136 Å². The number of amides is 1. The SMILES string of the molecule is N#CC1CCN(C(=O)c2ccc3[nH]c4c(c3c2)CCCC4)CC1. The molecule has 118 valence electrons. The van der Waals surface area contributed by atoms with Gasteiger partial charge in [0, 0.05) is 41.2 Å². The van der Waals surface area contributed by atoms with E-state index >= 15 is 0 Å². The number of hydrogen-bond acceptors (Lipinski definition) is 2. The number of nitrogens with zero attached hydrogens (tertiary/aromatic N) is 2. The molecule has 0 atom stereocenters. The molecular weight excluding hydrogens is 286 g/mol. The molecule has 1 N–H and O–H groups in total. The summed E-state index contributed by atoms with van der Waals surface area (Å²) in [5.74, 6) is 0.215. The van der Waals surface area contributed by atoms with E-state index in [1.165, 1.54) is 29.5 Å². The van der Waals surface area contributed by atoms with Crippen molar-refractivity contribution in [3.05, 3.63) is 35.0 Å². The van der Waals surface area contributed by atoms with Gasteiger partial charge in [-0.1, -0.05) is 0 Å². The Morgan fingerprint density at radius 3 is 2.78 bits per heavy atom. The Balaban J connectivity index is 1.61. The summed E-state index contributed by atoms with van der Waals surface area (Å²) in [5, 5.41) is 10.2. The number of benzene rings is 1. The van der Waals surface area contributed by atoms with Crippen molar-refractivity contribution in [3.8, 4) is 6.07 Å². The Hall–Kier alpha value is -2.28. The minimum atomic E-state index is 0.106. The number of likely N-dealkylation sites (tertiary alicyclic amines) is 1. The van der Waals surface area contributed by atoms with Gasteiger partial charge >= 0.3 is 0 Å². The number of carbonyl (C=O) groups excluding carboxylic acids is 1. The fraction of sp³-hybridized carbons (Fsp3) is 0.474. The van der Waals surface area contributed by atoms with Gasteiger partial charge in [0.25, 0.3) is 5.91 Å². The van der Waals surface area contributed by atoms with Crippen molar-refractivity contribution in [1.29, 1.82) is 5.26 Å². The zero-order valence-corrected chi connectivity index (χ0v) is 13.3. The van der Waals surface area contributed by atoms with Crippen LogP contribution in [0.4, 0.5) is 0 Å². The average Bonchev–Trinajstić information content (AvgIpc) is 2.99. The number of carbonyl (C=O) groups is 1. The van der Waals surface area contributed by atoms with E-state index in [1.807, 2.05) is 17.0 Å². The van der Waals surface area contributed by atoms with E-state index in [2.05, 4.69) is 17.1 Å². The Morgan fingerprint density at radius 1 is 1.22 bits per heavy atom. The van der Waals surface area contributed by atoms with Gasteiger partial charge in [-0.25, -0.2) is 0 Å². The summed E-state index contributed by atoms with van der Waals surface area (Å²) in [5.41, 5.74) is 4.69. The van der Waals surface area contributed by atoms with Crippen LogP contribution in [0, 0.1) is 17.2 Å². The van der Waals surface area contributed by atoms with Crippen LogP contribution >= 0.6 is 0 Å². The fourth-order valence-electron chi connectivity index (χ4n) is 3.93. The molecule has 1 saturated heterocycles. The van der Waals surface area contributed by atoms with Crippen LogP contribution in [0.15, 0.2) is 18.2 Å². The van der Waals surface area contributed by atoms with Gasteiger partial charge in [0.2, 0.25) is 0 Å². The molecule has 1 amide bonds. The van der Waals surface area contributed by atoms with Crippen LogP contribution in [0.2, 0.25) is 0 Å². The van der Waals surface area contributed by atoms with Crippen LogP contribution in [-0.4, -0.2) is 28.9 Å². The molecule has 2 heterocycles. The highest BCUT2D eigenvalue weighted by molar-refractivity contribution is 5.99. The molecule has 4 nitrogen and oxygen atoms in total. The summed E-state index contributed by atoms with van der Waals surface area (Å²) in [6, 6.07) is 8.36. The summed E-state index contributed by atoms with van der Waals surface area (Å²) in [6.07, 6.45) is 6.31. The smallest absolute Gasteiger partial charge is 0.253 e. The average molecular weight is 307 g/mol. The van der Waals surface area contributed by atoms with Crippen LogP contribution in [-0.2, 0) is 12.8 Å². The lowest BCUT2D eigenvalue weighted by Gasteiger charge is -2.29. The van der Waals surface area contributed by atoms with Crippen molar-refractivity contribution in [3.63, 3.8) is 0 Å². The van der Waals surface area contributed by atoms with E-state index in [9.17, 15) is 4.79 Å². The van der Waals surface area contributed by atoms with E-state index in [-0.39, 0.29) is 11.8 Å². The first-order chi connectivity index (χ1) is 11.3. The Bertz CT molecular complexity index is 791. The molecular formula is C19H21N3O.